The molecular formula is C17H26N6O2. The quantitative estimate of drug-likeness (QED) is 0.830. The van der Waals surface area contributed by atoms with Gasteiger partial charge in [0.05, 0.1) is 18.9 Å². The number of morpholine rings is 1. The Balaban J connectivity index is 1.54. The lowest BCUT2D eigenvalue weighted by atomic mass is 10.0. The highest BCUT2D eigenvalue weighted by atomic mass is 16.5. The van der Waals surface area contributed by atoms with Crippen LogP contribution in [0.1, 0.15) is 20.3 Å². The molecule has 0 radical (unpaired) electrons. The lowest BCUT2D eigenvalue weighted by Gasteiger charge is -2.35. The van der Waals surface area contributed by atoms with Crippen molar-refractivity contribution in [2.45, 2.75) is 26.3 Å². The summed E-state index contributed by atoms with van der Waals surface area (Å²) < 4.78 is 7.20. The number of carbonyl (C=O) groups excluding carboxylic acids is 1. The fourth-order valence-corrected chi connectivity index (χ4v) is 3.14. The van der Waals surface area contributed by atoms with Crippen LogP contribution in [0, 0.1) is 5.92 Å². The van der Waals surface area contributed by atoms with E-state index in [1.54, 1.807) is 16.9 Å². The van der Waals surface area contributed by atoms with Crippen LogP contribution in [0.3, 0.4) is 0 Å². The van der Waals surface area contributed by atoms with E-state index in [1.165, 1.54) is 0 Å². The van der Waals surface area contributed by atoms with E-state index in [4.69, 9.17) is 4.74 Å². The van der Waals surface area contributed by atoms with Crippen molar-refractivity contribution in [2.24, 2.45) is 5.92 Å². The largest absolute Gasteiger partial charge is 0.379 e. The first-order valence-corrected chi connectivity index (χ1v) is 8.78. The molecule has 2 N–H and O–H groups in total. The van der Waals surface area contributed by atoms with Gasteiger partial charge in [-0.15, -0.1) is 10.2 Å². The number of amides is 2. The van der Waals surface area contributed by atoms with Crippen molar-refractivity contribution in [1.82, 2.24) is 24.8 Å². The zero-order valence-electron chi connectivity index (χ0n) is 14.8. The Morgan fingerprint density at radius 2 is 2.12 bits per heavy atom. The molecule has 2 amide bonds. The van der Waals surface area contributed by atoms with E-state index in [9.17, 15) is 4.79 Å². The van der Waals surface area contributed by atoms with Crippen LogP contribution in [-0.2, 0) is 4.74 Å². The Labute approximate surface area is 147 Å². The molecule has 1 aliphatic heterocycles. The van der Waals surface area contributed by atoms with Crippen LogP contribution in [0.5, 0.6) is 0 Å². The number of rotatable bonds is 6. The van der Waals surface area contributed by atoms with Gasteiger partial charge in [-0.2, -0.15) is 0 Å². The molecule has 1 fully saturated rings. The summed E-state index contributed by atoms with van der Waals surface area (Å²) in [6.07, 6.45) is 4.45. The Morgan fingerprint density at radius 3 is 2.88 bits per heavy atom. The zero-order chi connectivity index (χ0) is 17.6. The molecule has 3 rings (SSSR count). The first kappa shape index (κ1) is 17.6. The fourth-order valence-electron chi connectivity index (χ4n) is 3.14. The van der Waals surface area contributed by atoms with Crippen LogP contribution in [0.2, 0.25) is 0 Å². The molecule has 8 heteroatoms. The Hall–Kier alpha value is -2.19. The van der Waals surface area contributed by atoms with Gasteiger partial charge in [-0.1, -0.05) is 13.8 Å². The van der Waals surface area contributed by atoms with Gasteiger partial charge in [0.2, 0.25) is 0 Å². The molecule has 1 atom stereocenters. The van der Waals surface area contributed by atoms with E-state index >= 15 is 0 Å². The smallest absolute Gasteiger partial charge is 0.319 e. The first-order valence-electron chi connectivity index (χ1n) is 8.78. The molecule has 8 nitrogen and oxygen atoms in total. The minimum atomic E-state index is -0.200. The van der Waals surface area contributed by atoms with Crippen LogP contribution in [0.4, 0.5) is 10.5 Å². The number of fused-ring (bicyclic) bond motifs is 1. The molecule has 2 aromatic rings. The van der Waals surface area contributed by atoms with Crippen molar-refractivity contribution >= 4 is 17.4 Å². The number of nitrogens with one attached hydrogen (secondary N) is 2. The predicted molar refractivity (Wildman–Crippen MR) is 95.6 cm³/mol. The molecule has 25 heavy (non-hydrogen) atoms. The van der Waals surface area contributed by atoms with E-state index in [0.29, 0.717) is 24.2 Å². The average molecular weight is 346 g/mol. The maximum atomic E-state index is 12.3. The fraction of sp³-hybridized carbons (Fsp3) is 0.588. The molecule has 0 aliphatic carbocycles. The number of nitrogens with zero attached hydrogens (tertiary/aromatic N) is 4. The van der Waals surface area contributed by atoms with Gasteiger partial charge in [0.25, 0.3) is 0 Å². The monoisotopic (exact) mass is 346 g/mol. The Bertz CT molecular complexity index is 695. The van der Waals surface area contributed by atoms with E-state index in [2.05, 4.69) is 39.6 Å². The summed E-state index contributed by atoms with van der Waals surface area (Å²) in [6, 6.07) is 3.76. The maximum absolute atomic E-state index is 12.3. The van der Waals surface area contributed by atoms with Crippen molar-refractivity contribution in [3.05, 3.63) is 24.7 Å². The van der Waals surface area contributed by atoms with Crippen LogP contribution < -0.4 is 10.6 Å². The SMILES string of the molecule is CC(C)C[C@H](CNC(=O)Nc1ccc2nncn2c1)N1CCOCC1. The summed E-state index contributed by atoms with van der Waals surface area (Å²) in [6.45, 7) is 8.41. The minimum absolute atomic E-state index is 0.200. The van der Waals surface area contributed by atoms with E-state index < -0.39 is 0 Å². The normalized spacial score (nSPS) is 16.9. The maximum Gasteiger partial charge on any atom is 0.319 e. The zero-order valence-corrected chi connectivity index (χ0v) is 14.8. The summed E-state index contributed by atoms with van der Waals surface area (Å²) in [5.74, 6) is 0.578. The van der Waals surface area contributed by atoms with Gasteiger partial charge in [-0.3, -0.25) is 9.30 Å². The molecule has 3 heterocycles. The van der Waals surface area contributed by atoms with Crippen molar-refractivity contribution in [2.75, 3.05) is 38.2 Å². The van der Waals surface area contributed by atoms with Gasteiger partial charge < -0.3 is 15.4 Å². The van der Waals surface area contributed by atoms with Crippen molar-refractivity contribution in [1.29, 1.82) is 0 Å². The number of anilines is 1. The van der Waals surface area contributed by atoms with Gasteiger partial charge in [0.15, 0.2) is 5.65 Å². The lowest BCUT2D eigenvalue weighted by Crippen LogP contribution is -2.49. The standard InChI is InChI=1S/C17H26N6O2/c1-13(2)9-15(22-5-7-25-8-6-22)10-18-17(24)20-14-3-4-16-21-19-12-23(16)11-14/h3-4,11-13,15H,5-10H2,1-2H3,(H2,18,20,24)/t15-/m1/s1. The molecule has 0 aromatic carbocycles. The van der Waals surface area contributed by atoms with Crippen molar-refractivity contribution < 1.29 is 9.53 Å². The van der Waals surface area contributed by atoms with Gasteiger partial charge in [0, 0.05) is 31.9 Å². The molecular weight excluding hydrogens is 320 g/mol. The molecule has 136 valence electrons. The molecule has 2 aromatic heterocycles. The topological polar surface area (TPSA) is 83.8 Å². The second-order valence-electron chi connectivity index (χ2n) is 6.78. The number of pyridine rings is 1. The van der Waals surface area contributed by atoms with Crippen LogP contribution in [0.15, 0.2) is 24.7 Å². The number of hydrogen-bond donors (Lipinski definition) is 2. The molecule has 0 spiro atoms. The van der Waals surface area contributed by atoms with E-state index in [0.717, 1.165) is 38.4 Å². The summed E-state index contributed by atoms with van der Waals surface area (Å²) in [4.78, 5) is 14.7. The second kappa shape index (κ2) is 8.26. The lowest BCUT2D eigenvalue weighted by molar-refractivity contribution is 0.0130. The van der Waals surface area contributed by atoms with Gasteiger partial charge in [-0.05, 0) is 24.5 Å². The third-order valence-electron chi connectivity index (χ3n) is 4.35. The molecule has 1 saturated heterocycles. The average Bonchev–Trinajstić information content (AvgIpc) is 3.07. The number of urea groups is 1. The predicted octanol–water partition coefficient (Wildman–Crippen LogP) is 1.60. The van der Waals surface area contributed by atoms with Gasteiger partial charge in [-0.25, -0.2) is 4.79 Å². The van der Waals surface area contributed by atoms with E-state index in [-0.39, 0.29) is 6.03 Å². The Morgan fingerprint density at radius 1 is 1.32 bits per heavy atom. The second-order valence-corrected chi connectivity index (χ2v) is 6.78. The molecule has 0 unspecified atom stereocenters. The number of aromatic nitrogens is 3. The summed E-state index contributed by atoms with van der Waals surface area (Å²) in [7, 11) is 0. The summed E-state index contributed by atoms with van der Waals surface area (Å²) in [5.41, 5.74) is 1.45. The number of carbonyl (C=O) groups is 1. The van der Waals surface area contributed by atoms with Crippen LogP contribution in [-0.4, -0.2) is 64.4 Å². The number of ether oxygens (including phenoxy) is 1. The highest BCUT2D eigenvalue weighted by molar-refractivity contribution is 5.89. The highest BCUT2D eigenvalue weighted by Crippen LogP contribution is 2.13. The van der Waals surface area contributed by atoms with E-state index in [1.807, 2.05) is 12.1 Å². The summed E-state index contributed by atoms with van der Waals surface area (Å²) >= 11 is 0. The molecule has 0 saturated carbocycles. The third-order valence-corrected chi connectivity index (χ3v) is 4.35. The summed E-state index contributed by atoms with van der Waals surface area (Å²) in [5, 5.41) is 13.6. The molecule has 0 bridgehead atoms. The van der Waals surface area contributed by atoms with Crippen molar-refractivity contribution in [3.63, 3.8) is 0 Å². The van der Waals surface area contributed by atoms with Gasteiger partial charge >= 0.3 is 6.03 Å². The minimum Gasteiger partial charge on any atom is -0.379 e. The van der Waals surface area contributed by atoms with Crippen LogP contribution in [0.25, 0.3) is 5.65 Å². The Kier molecular flexibility index (Phi) is 5.83. The number of hydrogen-bond acceptors (Lipinski definition) is 5. The molecule has 1 aliphatic rings. The highest BCUT2D eigenvalue weighted by Gasteiger charge is 2.22. The van der Waals surface area contributed by atoms with Gasteiger partial charge in [0.1, 0.15) is 6.33 Å². The third kappa shape index (κ3) is 4.90. The first-order chi connectivity index (χ1) is 12.1. The van der Waals surface area contributed by atoms with Crippen molar-refractivity contribution in [3.8, 4) is 0 Å². The van der Waals surface area contributed by atoms with Crippen LogP contribution >= 0.6 is 0 Å².